The molecule has 0 saturated heterocycles. The number of nitrogens with two attached hydrogens (primary N) is 1. The largest absolute Gasteiger partial charge is 0.325 e. The van der Waals surface area contributed by atoms with Crippen LogP contribution in [0.1, 0.15) is 0 Å². The highest BCUT2D eigenvalue weighted by Crippen LogP contribution is 2.31. The number of hydrogen-bond acceptors (Lipinski definition) is 7. The van der Waals surface area contributed by atoms with E-state index in [0.717, 1.165) is 22.2 Å². The average molecular weight is 487 g/mol. The summed E-state index contributed by atoms with van der Waals surface area (Å²) in [6.45, 7) is 0. The number of thioether (sulfide) groups is 1. The number of carbonyl (C=O) groups excluding carboxylic acids is 1. The van der Waals surface area contributed by atoms with Gasteiger partial charge in [0.05, 0.1) is 16.0 Å². The van der Waals surface area contributed by atoms with Crippen molar-refractivity contribution < 1.29 is 13.2 Å². The molecule has 0 aliphatic rings. The maximum Gasteiger partial charge on any atom is 0.262 e. The zero-order chi connectivity index (χ0) is 22.9. The number of rotatable bonds is 6. The standard InChI is InChI=1S/C21H18N4O4S3/c1-25-20(27)16-11-17(13-5-3-2-4-6-13)31-19(16)24-21(25)30-12-18(26)23-14-7-9-15(10-8-14)32(22,28)29/h2-11H,12H2,1H3,(H,23,26)(H2,22,28,29). The van der Waals surface area contributed by atoms with Crippen LogP contribution in [0.15, 0.2) is 75.5 Å². The van der Waals surface area contributed by atoms with Gasteiger partial charge in [-0.1, -0.05) is 42.1 Å². The first-order valence-corrected chi connectivity index (χ1v) is 12.7. The van der Waals surface area contributed by atoms with E-state index in [1.165, 1.54) is 40.2 Å². The van der Waals surface area contributed by atoms with Crippen molar-refractivity contribution in [1.29, 1.82) is 0 Å². The maximum absolute atomic E-state index is 12.8. The van der Waals surface area contributed by atoms with Crippen LogP contribution in [0.2, 0.25) is 0 Å². The van der Waals surface area contributed by atoms with Crippen molar-refractivity contribution >= 4 is 54.9 Å². The second kappa shape index (κ2) is 8.87. The summed E-state index contributed by atoms with van der Waals surface area (Å²) in [5.74, 6) is -0.288. The van der Waals surface area contributed by atoms with Crippen LogP contribution in [-0.2, 0) is 21.9 Å². The predicted molar refractivity (Wildman–Crippen MR) is 127 cm³/mol. The molecule has 32 heavy (non-hydrogen) atoms. The zero-order valence-corrected chi connectivity index (χ0v) is 19.3. The quantitative estimate of drug-likeness (QED) is 0.319. The van der Waals surface area contributed by atoms with E-state index in [1.807, 2.05) is 36.4 Å². The molecule has 1 amide bonds. The van der Waals surface area contributed by atoms with Gasteiger partial charge in [0.15, 0.2) is 5.16 Å². The molecule has 0 spiro atoms. The van der Waals surface area contributed by atoms with Crippen molar-refractivity contribution in [3.63, 3.8) is 0 Å². The van der Waals surface area contributed by atoms with Crippen LogP contribution in [0.3, 0.4) is 0 Å². The molecule has 4 aromatic rings. The third-order valence-electron chi connectivity index (χ3n) is 4.59. The molecule has 8 nitrogen and oxygen atoms in total. The summed E-state index contributed by atoms with van der Waals surface area (Å²) in [7, 11) is -2.17. The van der Waals surface area contributed by atoms with Crippen LogP contribution in [0.4, 0.5) is 5.69 Å². The fraction of sp³-hybridized carbons (Fsp3) is 0.0952. The van der Waals surface area contributed by atoms with Crippen LogP contribution in [-0.4, -0.2) is 29.6 Å². The van der Waals surface area contributed by atoms with E-state index in [4.69, 9.17) is 5.14 Å². The van der Waals surface area contributed by atoms with Gasteiger partial charge < -0.3 is 5.32 Å². The molecule has 0 bridgehead atoms. The average Bonchev–Trinajstić information content (AvgIpc) is 3.20. The molecule has 0 radical (unpaired) electrons. The molecular formula is C21H18N4O4S3. The van der Waals surface area contributed by atoms with E-state index < -0.39 is 10.0 Å². The number of primary sulfonamides is 1. The number of benzene rings is 2. The highest BCUT2D eigenvalue weighted by molar-refractivity contribution is 7.99. The molecule has 3 N–H and O–H groups in total. The third kappa shape index (κ3) is 4.75. The van der Waals surface area contributed by atoms with Gasteiger partial charge in [-0.25, -0.2) is 18.5 Å². The van der Waals surface area contributed by atoms with Crippen molar-refractivity contribution in [2.45, 2.75) is 10.1 Å². The first-order chi connectivity index (χ1) is 15.2. The zero-order valence-electron chi connectivity index (χ0n) is 16.8. The number of carbonyl (C=O) groups is 1. The summed E-state index contributed by atoms with van der Waals surface area (Å²) in [5.41, 5.74) is 1.28. The fourth-order valence-electron chi connectivity index (χ4n) is 2.98. The van der Waals surface area contributed by atoms with E-state index in [9.17, 15) is 18.0 Å². The SMILES string of the molecule is Cn1c(SCC(=O)Nc2ccc(S(N)(=O)=O)cc2)nc2sc(-c3ccccc3)cc2c1=O. The van der Waals surface area contributed by atoms with Gasteiger partial charge in [-0.3, -0.25) is 14.2 Å². The molecule has 2 aromatic carbocycles. The highest BCUT2D eigenvalue weighted by Gasteiger charge is 2.15. The van der Waals surface area contributed by atoms with E-state index in [0.29, 0.717) is 21.1 Å². The number of hydrogen-bond donors (Lipinski definition) is 2. The molecule has 0 fully saturated rings. The Morgan fingerprint density at radius 2 is 1.84 bits per heavy atom. The number of nitrogens with zero attached hydrogens (tertiary/aromatic N) is 2. The summed E-state index contributed by atoms with van der Waals surface area (Å²) in [6.07, 6.45) is 0. The van der Waals surface area contributed by atoms with Gasteiger partial charge >= 0.3 is 0 Å². The minimum absolute atomic E-state index is 0.0274. The molecule has 0 atom stereocenters. The number of sulfonamides is 1. The second-order valence-corrected chi connectivity index (χ2v) is 10.4. The Morgan fingerprint density at radius 3 is 2.50 bits per heavy atom. The number of nitrogens with one attached hydrogen (secondary N) is 1. The van der Waals surface area contributed by atoms with Crippen LogP contribution >= 0.6 is 23.1 Å². The van der Waals surface area contributed by atoms with Crippen LogP contribution in [0.25, 0.3) is 20.7 Å². The number of aromatic nitrogens is 2. The molecule has 0 aliphatic carbocycles. The lowest BCUT2D eigenvalue weighted by atomic mass is 10.2. The van der Waals surface area contributed by atoms with Crippen molar-refractivity contribution in [2.75, 3.05) is 11.1 Å². The van der Waals surface area contributed by atoms with Gasteiger partial charge in [0.25, 0.3) is 5.56 Å². The van der Waals surface area contributed by atoms with Crippen LogP contribution in [0.5, 0.6) is 0 Å². The number of amides is 1. The number of fused-ring (bicyclic) bond motifs is 1. The maximum atomic E-state index is 12.8. The Hall–Kier alpha value is -2.99. The molecule has 164 valence electrons. The predicted octanol–water partition coefficient (Wildman–Crippen LogP) is 3.04. The smallest absolute Gasteiger partial charge is 0.262 e. The Labute approximate surface area is 192 Å². The van der Waals surface area contributed by atoms with Crippen molar-refractivity contribution in [2.24, 2.45) is 12.2 Å². The molecule has 0 saturated carbocycles. The summed E-state index contributed by atoms with van der Waals surface area (Å²) in [4.78, 5) is 31.2. The molecule has 4 rings (SSSR count). The molecule has 0 aliphatic heterocycles. The molecule has 2 heterocycles. The highest BCUT2D eigenvalue weighted by atomic mass is 32.2. The summed E-state index contributed by atoms with van der Waals surface area (Å²) in [6, 6.07) is 17.2. The third-order valence-corrected chi connectivity index (χ3v) is 7.63. The van der Waals surface area contributed by atoms with Gasteiger partial charge in [-0.2, -0.15) is 0 Å². The minimum Gasteiger partial charge on any atom is -0.325 e. The first-order valence-electron chi connectivity index (χ1n) is 9.34. The van der Waals surface area contributed by atoms with Gasteiger partial charge in [-0.05, 0) is 35.9 Å². The van der Waals surface area contributed by atoms with Gasteiger partial charge in [0.2, 0.25) is 15.9 Å². The fourth-order valence-corrected chi connectivity index (χ4v) is 5.34. The van der Waals surface area contributed by atoms with E-state index in [2.05, 4.69) is 10.3 Å². The van der Waals surface area contributed by atoms with Crippen LogP contribution in [0, 0.1) is 0 Å². The van der Waals surface area contributed by atoms with Gasteiger partial charge in [0, 0.05) is 17.6 Å². The van der Waals surface area contributed by atoms with Crippen molar-refractivity contribution in [1.82, 2.24) is 9.55 Å². The van der Waals surface area contributed by atoms with E-state index in [1.54, 1.807) is 7.05 Å². The Morgan fingerprint density at radius 1 is 1.16 bits per heavy atom. The van der Waals surface area contributed by atoms with E-state index >= 15 is 0 Å². The molecule has 2 aromatic heterocycles. The topological polar surface area (TPSA) is 124 Å². The number of thiophene rings is 1. The van der Waals surface area contributed by atoms with Crippen molar-refractivity contribution in [3.05, 3.63) is 71.0 Å². The summed E-state index contributed by atoms with van der Waals surface area (Å²) >= 11 is 2.58. The minimum atomic E-state index is -3.79. The Balaban J connectivity index is 1.50. The number of anilines is 1. The lowest BCUT2D eigenvalue weighted by Crippen LogP contribution is -2.20. The lowest BCUT2D eigenvalue weighted by Gasteiger charge is -2.08. The van der Waals surface area contributed by atoms with E-state index in [-0.39, 0.29) is 22.1 Å². The summed E-state index contributed by atoms with van der Waals surface area (Å²) in [5, 5.41) is 8.72. The first kappa shape index (κ1) is 22.2. The summed E-state index contributed by atoms with van der Waals surface area (Å²) < 4.78 is 24.1. The molecule has 0 unspecified atom stereocenters. The van der Waals surface area contributed by atoms with Gasteiger partial charge in [-0.15, -0.1) is 11.3 Å². The Kier molecular flexibility index (Phi) is 6.15. The molecule has 11 heteroatoms. The van der Waals surface area contributed by atoms with Crippen molar-refractivity contribution in [3.8, 4) is 10.4 Å². The normalized spacial score (nSPS) is 11.6. The molecular weight excluding hydrogens is 468 g/mol. The lowest BCUT2D eigenvalue weighted by molar-refractivity contribution is -0.113. The Bertz CT molecular complexity index is 1460. The van der Waals surface area contributed by atoms with Crippen LogP contribution < -0.4 is 16.0 Å². The monoisotopic (exact) mass is 486 g/mol. The second-order valence-electron chi connectivity index (χ2n) is 6.86. The van der Waals surface area contributed by atoms with Gasteiger partial charge in [0.1, 0.15) is 4.83 Å².